The summed E-state index contributed by atoms with van der Waals surface area (Å²) in [5.74, 6) is 0.214. The monoisotopic (exact) mass is 181 g/mol. The minimum absolute atomic E-state index is 0.214. The Morgan fingerprint density at radius 2 is 2.58 bits per heavy atom. The van der Waals surface area contributed by atoms with Crippen LogP contribution in [0.15, 0.2) is 23.6 Å². The van der Waals surface area contributed by atoms with E-state index >= 15 is 0 Å². The fourth-order valence-corrected chi connectivity index (χ4v) is 1.37. The van der Waals surface area contributed by atoms with Crippen molar-refractivity contribution < 1.29 is 4.74 Å². The fourth-order valence-electron chi connectivity index (χ4n) is 0.748. The first-order chi connectivity index (χ1) is 5.83. The van der Waals surface area contributed by atoms with E-state index in [-0.39, 0.29) is 5.90 Å². The summed E-state index contributed by atoms with van der Waals surface area (Å²) in [6.07, 6.45) is 3.54. The molecule has 0 saturated carbocycles. The number of thiophene rings is 1. The van der Waals surface area contributed by atoms with Gasteiger partial charge >= 0.3 is 0 Å². The highest BCUT2D eigenvalue weighted by atomic mass is 32.1. The average Bonchev–Trinajstić information content (AvgIpc) is 2.53. The third-order valence-electron chi connectivity index (χ3n) is 1.24. The zero-order chi connectivity index (χ0) is 8.81. The number of rotatable bonds is 3. The van der Waals surface area contributed by atoms with Gasteiger partial charge < -0.3 is 4.74 Å². The molecule has 0 bridgehead atoms. The van der Waals surface area contributed by atoms with Crippen LogP contribution in [0, 0.1) is 5.41 Å². The standard InChI is InChI=1S/C9H11NOS/c1-2-11-9(10)6-5-8-4-3-7-12-8/h3-7,10H,2H2,1H3/b6-5+,10-9?. The Labute approximate surface area is 76.0 Å². The van der Waals surface area contributed by atoms with Crippen molar-refractivity contribution in [3.63, 3.8) is 0 Å². The number of nitrogens with one attached hydrogen (secondary N) is 1. The minimum Gasteiger partial charge on any atom is -0.478 e. The van der Waals surface area contributed by atoms with Crippen molar-refractivity contribution in [2.75, 3.05) is 6.61 Å². The van der Waals surface area contributed by atoms with Crippen LogP contribution in [0.1, 0.15) is 11.8 Å². The van der Waals surface area contributed by atoms with E-state index in [1.165, 1.54) is 0 Å². The molecule has 3 heteroatoms. The van der Waals surface area contributed by atoms with Crippen LogP contribution in [0.5, 0.6) is 0 Å². The van der Waals surface area contributed by atoms with Gasteiger partial charge in [0.2, 0.25) is 5.90 Å². The van der Waals surface area contributed by atoms with Crippen molar-refractivity contribution in [1.29, 1.82) is 5.41 Å². The summed E-state index contributed by atoms with van der Waals surface area (Å²) in [5.41, 5.74) is 0. The van der Waals surface area contributed by atoms with Crippen LogP contribution in [0.4, 0.5) is 0 Å². The van der Waals surface area contributed by atoms with Crippen LogP contribution in [-0.4, -0.2) is 12.5 Å². The van der Waals surface area contributed by atoms with Gasteiger partial charge in [0.05, 0.1) is 6.61 Å². The van der Waals surface area contributed by atoms with E-state index in [0.29, 0.717) is 6.61 Å². The lowest BCUT2D eigenvalue weighted by atomic mass is 10.4. The van der Waals surface area contributed by atoms with Crippen molar-refractivity contribution in [3.8, 4) is 0 Å². The second-order valence-corrected chi connectivity index (χ2v) is 3.13. The maximum absolute atomic E-state index is 7.29. The summed E-state index contributed by atoms with van der Waals surface area (Å²) >= 11 is 1.64. The minimum atomic E-state index is 0.214. The Balaban J connectivity index is 2.45. The van der Waals surface area contributed by atoms with E-state index in [1.807, 2.05) is 30.5 Å². The molecule has 0 atom stereocenters. The number of hydrogen-bond acceptors (Lipinski definition) is 3. The molecule has 1 N–H and O–H groups in total. The maximum atomic E-state index is 7.29. The lowest BCUT2D eigenvalue weighted by Crippen LogP contribution is -1.97. The first-order valence-electron chi connectivity index (χ1n) is 3.76. The molecule has 64 valence electrons. The van der Waals surface area contributed by atoms with E-state index < -0.39 is 0 Å². The molecule has 0 radical (unpaired) electrons. The second-order valence-electron chi connectivity index (χ2n) is 2.15. The summed E-state index contributed by atoms with van der Waals surface area (Å²) in [6, 6.07) is 3.98. The molecule has 0 aromatic carbocycles. The molecule has 12 heavy (non-hydrogen) atoms. The first-order valence-corrected chi connectivity index (χ1v) is 4.64. The van der Waals surface area contributed by atoms with Crippen molar-refractivity contribution in [2.45, 2.75) is 6.92 Å². The molecule has 1 aromatic heterocycles. The van der Waals surface area contributed by atoms with Gasteiger partial charge in [-0.25, -0.2) is 0 Å². The van der Waals surface area contributed by atoms with Gasteiger partial charge in [0.1, 0.15) is 0 Å². The van der Waals surface area contributed by atoms with Crippen LogP contribution in [0.3, 0.4) is 0 Å². The Morgan fingerprint density at radius 1 is 1.75 bits per heavy atom. The third kappa shape index (κ3) is 2.88. The number of hydrogen-bond donors (Lipinski definition) is 1. The zero-order valence-electron chi connectivity index (χ0n) is 6.91. The van der Waals surface area contributed by atoms with Gasteiger partial charge in [0.25, 0.3) is 0 Å². The van der Waals surface area contributed by atoms with Gasteiger partial charge in [0.15, 0.2) is 0 Å². The quantitative estimate of drug-likeness (QED) is 0.564. The molecular weight excluding hydrogens is 170 g/mol. The lowest BCUT2D eigenvalue weighted by molar-refractivity contribution is 0.327. The molecule has 0 aliphatic carbocycles. The van der Waals surface area contributed by atoms with Crippen LogP contribution in [0.25, 0.3) is 6.08 Å². The highest BCUT2D eigenvalue weighted by Crippen LogP contribution is 2.09. The number of ether oxygens (including phenoxy) is 1. The molecule has 0 aliphatic heterocycles. The SMILES string of the molecule is CCOC(=N)/C=C/c1cccs1. The van der Waals surface area contributed by atoms with Gasteiger partial charge in [-0.2, -0.15) is 0 Å². The van der Waals surface area contributed by atoms with Gasteiger partial charge in [0, 0.05) is 11.0 Å². The lowest BCUT2D eigenvalue weighted by Gasteiger charge is -1.96. The predicted octanol–water partition coefficient (Wildman–Crippen LogP) is 2.78. The molecule has 2 nitrogen and oxygen atoms in total. The largest absolute Gasteiger partial charge is 0.478 e. The summed E-state index contributed by atoms with van der Waals surface area (Å²) in [4.78, 5) is 1.14. The predicted molar refractivity (Wildman–Crippen MR) is 52.7 cm³/mol. The molecule has 0 aliphatic rings. The van der Waals surface area contributed by atoms with Gasteiger partial charge in [-0.15, -0.1) is 11.3 Å². The van der Waals surface area contributed by atoms with Crippen molar-refractivity contribution >= 4 is 23.3 Å². The Hall–Kier alpha value is -1.09. The van der Waals surface area contributed by atoms with Crippen molar-refractivity contribution in [2.24, 2.45) is 0 Å². The summed E-state index contributed by atoms with van der Waals surface area (Å²) in [7, 11) is 0. The van der Waals surface area contributed by atoms with E-state index in [2.05, 4.69) is 0 Å². The Bertz CT molecular complexity index is 264. The van der Waals surface area contributed by atoms with E-state index in [1.54, 1.807) is 17.4 Å². The summed E-state index contributed by atoms with van der Waals surface area (Å²) in [6.45, 7) is 2.42. The van der Waals surface area contributed by atoms with Gasteiger partial charge in [-0.1, -0.05) is 6.07 Å². The molecule has 0 saturated heterocycles. The van der Waals surface area contributed by atoms with Crippen molar-refractivity contribution in [3.05, 3.63) is 28.5 Å². The Kier molecular flexibility index (Phi) is 3.54. The molecule has 1 heterocycles. The van der Waals surface area contributed by atoms with E-state index in [4.69, 9.17) is 10.1 Å². The van der Waals surface area contributed by atoms with E-state index in [9.17, 15) is 0 Å². The van der Waals surface area contributed by atoms with E-state index in [0.717, 1.165) is 4.88 Å². The molecule has 1 rings (SSSR count). The summed E-state index contributed by atoms with van der Waals surface area (Å²) < 4.78 is 4.94. The topological polar surface area (TPSA) is 33.1 Å². The molecule has 0 unspecified atom stereocenters. The van der Waals surface area contributed by atoms with Crippen LogP contribution in [-0.2, 0) is 4.74 Å². The zero-order valence-corrected chi connectivity index (χ0v) is 7.73. The smallest absolute Gasteiger partial charge is 0.205 e. The maximum Gasteiger partial charge on any atom is 0.205 e. The highest BCUT2D eigenvalue weighted by molar-refractivity contribution is 7.10. The molecule has 0 spiro atoms. The molecule has 0 amide bonds. The molecule has 1 aromatic rings. The third-order valence-corrected chi connectivity index (χ3v) is 2.08. The first kappa shape index (κ1) is 9.00. The highest BCUT2D eigenvalue weighted by Gasteiger charge is 1.89. The van der Waals surface area contributed by atoms with Crippen molar-refractivity contribution in [1.82, 2.24) is 0 Å². The second kappa shape index (κ2) is 4.72. The Morgan fingerprint density at radius 3 is 3.17 bits per heavy atom. The van der Waals surface area contributed by atoms with Crippen LogP contribution < -0.4 is 0 Å². The van der Waals surface area contributed by atoms with Gasteiger partial charge in [-0.3, -0.25) is 5.41 Å². The van der Waals surface area contributed by atoms with Crippen LogP contribution in [0.2, 0.25) is 0 Å². The van der Waals surface area contributed by atoms with Crippen LogP contribution >= 0.6 is 11.3 Å². The normalized spacial score (nSPS) is 10.4. The molecule has 0 fully saturated rings. The van der Waals surface area contributed by atoms with Gasteiger partial charge in [-0.05, 0) is 24.4 Å². The average molecular weight is 181 g/mol. The molecular formula is C9H11NOS. The summed E-state index contributed by atoms with van der Waals surface area (Å²) in [5, 5.41) is 9.29. The fraction of sp³-hybridized carbons (Fsp3) is 0.222.